The largest absolute Gasteiger partial charge is 0.383 e. The molecule has 2 atom stereocenters. The molecular formula is C16H21ClN2O3. The number of hydrogen-bond acceptors (Lipinski definition) is 3. The van der Waals surface area contributed by atoms with E-state index < -0.39 is 0 Å². The first-order valence-corrected chi connectivity index (χ1v) is 7.69. The first kappa shape index (κ1) is 16.8. The molecular weight excluding hydrogens is 304 g/mol. The van der Waals surface area contributed by atoms with Crippen molar-refractivity contribution >= 4 is 23.4 Å². The van der Waals surface area contributed by atoms with Crippen molar-refractivity contribution in [1.82, 2.24) is 10.2 Å². The van der Waals surface area contributed by atoms with Gasteiger partial charge in [0.2, 0.25) is 11.8 Å². The zero-order valence-electron chi connectivity index (χ0n) is 12.8. The molecule has 6 heteroatoms. The number of carbonyl (C=O) groups is 2. The van der Waals surface area contributed by atoms with Crippen LogP contribution in [-0.4, -0.2) is 43.0 Å². The number of ether oxygens (including phenoxy) is 1. The molecule has 0 aromatic heterocycles. The third kappa shape index (κ3) is 4.21. The molecule has 0 bridgehead atoms. The summed E-state index contributed by atoms with van der Waals surface area (Å²) in [5.74, 6) is -0.370. The molecule has 22 heavy (non-hydrogen) atoms. The highest BCUT2D eigenvalue weighted by atomic mass is 35.5. The zero-order chi connectivity index (χ0) is 16.1. The maximum absolute atomic E-state index is 12.2. The van der Waals surface area contributed by atoms with E-state index in [4.69, 9.17) is 16.3 Å². The molecule has 1 heterocycles. The summed E-state index contributed by atoms with van der Waals surface area (Å²) < 4.78 is 5.07. The van der Waals surface area contributed by atoms with Gasteiger partial charge in [0.25, 0.3) is 0 Å². The molecule has 0 radical (unpaired) electrons. The number of amides is 2. The zero-order valence-corrected chi connectivity index (χ0v) is 13.6. The number of benzene rings is 1. The molecule has 0 unspecified atom stereocenters. The Morgan fingerprint density at radius 1 is 1.45 bits per heavy atom. The molecule has 0 spiro atoms. The number of rotatable bonds is 6. The Bertz CT molecular complexity index is 533. The Labute approximate surface area is 135 Å². The predicted molar refractivity (Wildman–Crippen MR) is 84.5 cm³/mol. The van der Waals surface area contributed by atoms with Crippen LogP contribution in [0.1, 0.15) is 18.9 Å². The highest BCUT2D eigenvalue weighted by Gasteiger charge is 2.36. The molecule has 1 aromatic carbocycles. The minimum Gasteiger partial charge on any atom is -0.383 e. The second-order valence-electron chi connectivity index (χ2n) is 5.60. The summed E-state index contributed by atoms with van der Waals surface area (Å²) in [6.07, 6.45) is 0.264. The summed E-state index contributed by atoms with van der Waals surface area (Å²) in [6, 6.07) is 7.31. The van der Waals surface area contributed by atoms with E-state index >= 15 is 0 Å². The average Bonchev–Trinajstić information content (AvgIpc) is 2.89. The van der Waals surface area contributed by atoms with E-state index in [1.807, 2.05) is 19.1 Å². The molecule has 5 nitrogen and oxygen atoms in total. The molecule has 2 amide bonds. The number of halogens is 1. The van der Waals surface area contributed by atoms with Crippen molar-refractivity contribution in [1.29, 1.82) is 0 Å². The summed E-state index contributed by atoms with van der Waals surface area (Å²) in [5.41, 5.74) is 0.978. The van der Waals surface area contributed by atoms with E-state index in [-0.39, 0.29) is 30.2 Å². The van der Waals surface area contributed by atoms with E-state index in [0.717, 1.165) is 5.56 Å². The third-order valence-corrected chi connectivity index (χ3v) is 4.10. The Kier molecular flexibility index (Phi) is 5.80. The normalized spacial score (nSPS) is 19.3. The van der Waals surface area contributed by atoms with Crippen LogP contribution in [-0.2, 0) is 20.9 Å². The number of nitrogens with one attached hydrogen (secondary N) is 1. The van der Waals surface area contributed by atoms with Crippen LogP contribution in [0.3, 0.4) is 0 Å². The summed E-state index contributed by atoms with van der Waals surface area (Å²) >= 11 is 5.82. The van der Waals surface area contributed by atoms with Crippen molar-refractivity contribution in [2.75, 3.05) is 20.3 Å². The van der Waals surface area contributed by atoms with E-state index in [9.17, 15) is 9.59 Å². The van der Waals surface area contributed by atoms with Gasteiger partial charge in [0, 0.05) is 31.6 Å². The van der Waals surface area contributed by atoms with Gasteiger partial charge in [0.05, 0.1) is 18.6 Å². The summed E-state index contributed by atoms with van der Waals surface area (Å²) in [4.78, 5) is 25.9. The van der Waals surface area contributed by atoms with Gasteiger partial charge in [-0.2, -0.15) is 0 Å². The monoisotopic (exact) mass is 324 g/mol. The minimum absolute atomic E-state index is 0.00781. The highest BCUT2D eigenvalue weighted by Crippen LogP contribution is 2.20. The lowest BCUT2D eigenvalue weighted by Crippen LogP contribution is -2.38. The third-order valence-electron chi connectivity index (χ3n) is 3.85. The van der Waals surface area contributed by atoms with Gasteiger partial charge in [-0.25, -0.2) is 0 Å². The highest BCUT2D eigenvalue weighted by molar-refractivity contribution is 6.30. The minimum atomic E-state index is -0.292. The smallest absolute Gasteiger partial charge is 0.225 e. The topological polar surface area (TPSA) is 58.6 Å². The number of likely N-dealkylation sites (tertiary alicyclic amines) is 1. The van der Waals surface area contributed by atoms with E-state index in [1.165, 1.54) is 0 Å². The van der Waals surface area contributed by atoms with Crippen LogP contribution in [0.5, 0.6) is 0 Å². The van der Waals surface area contributed by atoms with Gasteiger partial charge in [-0.1, -0.05) is 23.7 Å². The maximum atomic E-state index is 12.2. The van der Waals surface area contributed by atoms with Crippen LogP contribution >= 0.6 is 11.6 Å². The molecule has 1 N–H and O–H groups in total. The quantitative estimate of drug-likeness (QED) is 0.868. The van der Waals surface area contributed by atoms with Crippen molar-refractivity contribution in [2.45, 2.75) is 25.9 Å². The molecule has 0 aliphatic carbocycles. The van der Waals surface area contributed by atoms with Crippen LogP contribution in [0, 0.1) is 5.92 Å². The fraction of sp³-hybridized carbons (Fsp3) is 0.500. The average molecular weight is 325 g/mol. The van der Waals surface area contributed by atoms with Gasteiger partial charge in [0.1, 0.15) is 0 Å². The summed E-state index contributed by atoms with van der Waals surface area (Å²) in [6.45, 7) is 3.30. The maximum Gasteiger partial charge on any atom is 0.225 e. The molecule has 0 saturated carbocycles. The number of nitrogens with zero attached hydrogens (tertiary/aromatic N) is 1. The van der Waals surface area contributed by atoms with Gasteiger partial charge in [-0.3, -0.25) is 9.59 Å². The Morgan fingerprint density at radius 2 is 2.14 bits per heavy atom. The Hall–Kier alpha value is -1.59. The van der Waals surface area contributed by atoms with Gasteiger partial charge in [-0.05, 0) is 24.6 Å². The van der Waals surface area contributed by atoms with Crippen molar-refractivity contribution < 1.29 is 14.3 Å². The molecule has 1 aliphatic heterocycles. The van der Waals surface area contributed by atoms with Crippen LogP contribution in [0.15, 0.2) is 24.3 Å². The number of hydrogen-bond donors (Lipinski definition) is 1. The molecule has 1 saturated heterocycles. The number of carbonyl (C=O) groups excluding carboxylic acids is 2. The molecule has 120 valence electrons. The van der Waals surface area contributed by atoms with Crippen molar-refractivity contribution in [2.24, 2.45) is 5.92 Å². The lowest BCUT2D eigenvalue weighted by atomic mass is 10.1. The lowest BCUT2D eigenvalue weighted by molar-refractivity contribution is -0.130. The Balaban J connectivity index is 1.85. The second kappa shape index (κ2) is 7.61. The number of methoxy groups -OCH3 is 1. The van der Waals surface area contributed by atoms with Crippen LogP contribution in [0.2, 0.25) is 5.02 Å². The fourth-order valence-corrected chi connectivity index (χ4v) is 2.73. The first-order valence-electron chi connectivity index (χ1n) is 7.31. The summed E-state index contributed by atoms with van der Waals surface area (Å²) in [5, 5.41) is 3.55. The second-order valence-corrected chi connectivity index (χ2v) is 6.03. The van der Waals surface area contributed by atoms with E-state index in [1.54, 1.807) is 24.1 Å². The molecule has 1 aliphatic rings. The predicted octanol–water partition coefficient (Wildman–Crippen LogP) is 1.84. The molecule has 1 aromatic rings. The van der Waals surface area contributed by atoms with Crippen molar-refractivity contribution in [3.05, 3.63) is 34.9 Å². The van der Waals surface area contributed by atoms with Gasteiger partial charge in [0.15, 0.2) is 0 Å². The molecule has 2 rings (SSSR count). The molecule has 1 fully saturated rings. The van der Waals surface area contributed by atoms with Gasteiger partial charge < -0.3 is 15.0 Å². The van der Waals surface area contributed by atoms with Crippen LogP contribution in [0.25, 0.3) is 0 Å². The van der Waals surface area contributed by atoms with Crippen LogP contribution in [0.4, 0.5) is 0 Å². The van der Waals surface area contributed by atoms with Crippen LogP contribution < -0.4 is 5.32 Å². The van der Waals surface area contributed by atoms with Crippen molar-refractivity contribution in [3.63, 3.8) is 0 Å². The van der Waals surface area contributed by atoms with E-state index in [2.05, 4.69) is 5.32 Å². The Morgan fingerprint density at radius 3 is 2.77 bits per heavy atom. The van der Waals surface area contributed by atoms with Crippen molar-refractivity contribution in [3.8, 4) is 0 Å². The fourth-order valence-electron chi connectivity index (χ4n) is 2.60. The summed E-state index contributed by atoms with van der Waals surface area (Å²) in [7, 11) is 1.60. The SMILES string of the molecule is COC[C@H](C)N1C[C@H](C(=O)NCc2ccc(Cl)cc2)CC1=O. The van der Waals surface area contributed by atoms with Gasteiger partial charge in [-0.15, -0.1) is 0 Å². The first-order chi connectivity index (χ1) is 10.5. The van der Waals surface area contributed by atoms with Gasteiger partial charge >= 0.3 is 0 Å². The van der Waals surface area contributed by atoms with E-state index in [0.29, 0.717) is 24.7 Å². The standard InChI is InChI=1S/C16H21ClN2O3/c1-11(10-22-2)19-9-13(7-15(19)20)16(21)18-8-12-3-5-14(17)6-4-12/h3-6,11,13H,7-10H2,1-2H3,(H,18,21)/t11-,13+/m0/s1. The lowest BCUT2D eigenvalue weighted by Gasteiger charge is -2.23.